The number of hydrogen-bond acceptors (Lipinski definition) is 3. The largest absolute Gasteiger partial charge is 0.494 e. The lowest BCUT2D eigenvalue weighted by Crippen LogP contribution is -2.29. The summed E-state index contributed by atoms with van der Waals surface area (Å²) in [6.07, 6.45) is 4.48. The molecular formula is C17H24N2O2. The molecule has 0 unspecified atom stereocenters. The first-order chi connectivity index (χ1) is 10.3. The van der Waals surface area contributed by atoms with E-state index in [4.69, 9.17) is 4.74 Å². The number of ether oxygens (including phenoxy) is 1. The predicted octanol–water partition coefficient (Wildman–Crippen LogP) is 2.05. The van der Waals surface area contributed by atoms with E-state index in [1.807, 2.05) is 31.2 Å². The maximum Gasteiger partial charge on any atom is 0.220 e. The first kappa shape index (κ1) is 15.6. The first-order valence-corrected chi connectivity index (χ1v) is 7.65. The minimum atomic E-state index is 0.114. The first-order valence-electron chi connectivity index (χ1n) is 7.65. The summed E-state index contributed by atoms with van der Waals surface area (Å²) in [7, 11) is 0. The van der Waals surface area contributed by atoms with Crippen LogP contribution in [-0.2, 0) is 11.2 Å². The van der Waals surface area contributed by atoms with Crippen LogP contribution in [0.15, 0.2) is 35.9 Å². The molecule has 0 spiro atoms. The van der Waals surface area contributed by atoms with Crippen LogP contribution in [0.25, 0.3) is 0 Å². The van der Waals surface area contributed by atoms with Gasteiger partial charge in [-0.05, 0) is 44.0 Å². The van der Waals surface area contributed by atoms with Crippen LogP contribution in [0.3, 0.4) is 0 Å². The summed E-state index contributed by atoms with van der Waals surface area (Å²) in [6.45, 7) is 5.25. The van der Waals surface area contributed by atoms with Crippen LogP contribution in [0.2, 0.25) is 0 Å². The van der Waals surface area contributed by atoms with E-state index in [-0.39, 0.29) is 5.91 Å². The van der Waals surface area contributed by atoms with Crippen LogP contribution in [0, 0.1) is 0 Å². The van der Waals surface area contributed by atoms with Gasteiger partial charge in [-0.3, -0.25) is 4.79 Å². The summed E-state index contributed by atoms with van der Waals surface area (Å²) in [4.78, 5) is 11.8. The Morgan fingerprint density at radius 2 is 2.14 bits per heavy atom. The number of rotatable bonds is 7. The Bertz CT molecular complexity index is 480. The molecule has 114 valence electrons. The maximum atomic E-state index is 11.8. The van der Waals surface area contributed by atoms with E-state index in [1.165, 1.54) is 5.57 Å². The van der Waals surface area contributed by atoms with Gasteiger partial charge < -0.3 is 15.4 Å². The second kappa shape index (κ2) is 8.47. The van der Waals surface area contributed by atoms with Gasteiger partial charge in [0.05, 0.1) is 6.61 Å². The quantitative estimate of drug-likeness (QED) is 0.755. The van der Waals surface area contributed by atoms with Crippen LogP contribution < -0.4 is 15.4 Å². The van der Waals surface area contributed by atoms with Crippen molar-refractivity contribution in [1.82, 2.24) is 10.6 Å². The van der Waals surface area contributed by atoms with Gasteiger partial charge in [0.15, 0.2) is 0 Å². The highest BCUT2D eigenvalue weighted by Gasteiger charge is 2.06. The molecule has 0 aromatic heterocycles. The van der Waals surface area contributed by atoms with Gasteiger partial charge in [-0.25, -0.2) is 0 Å². The molecule has 1 heterocycles. The van der Waals surface area contributed by atoms with Crippen molar-refractivity contribution in [2.75, 3.05) is 26.2 Å². The third kappa shape index (κ3) is 5.60. The van der Waals surface area contributed by atoms with E-state index in [0.29, 0.717) is 19.6 Å². The summed E-state index contributed by atoms with van der Waals surface area (Å²) in [5, 5.41) is 6.26. The van der Waals surface area contributed by atoms with E-state index in [1.54, 1.807) is 0 Å². The Morgan fingerprint density at radius 3 is 2.81 bits per heavy atom. The monoisotopic (exact) mass is 288 g/mol. The van der Waals surface area contributed by atoms with Crippen molar-refractivity contribution in [3.63, 3.8) is 0 Å². The molecule has 1 amide bonds. The smallest absolute Gasteiger partial charge is 0.220 e. The summed E-state index contributed by atoms with van der Waals surface area (Å²) >= 11 is 0. The molecule has 2 N–H and O–H groups in total. The maximum absolute atomic E-state index is 11.8. The molecule has 1 aliphatic rings. The summed E-state index contributed by atoms with van der Waals surface area (Å²) in [5.74, 6) is 0.992. The van der Waals surface area contributed by atoms with Gasteiger partial charge in [0, 0.05) is 19.5 Å². The van der Waals surface area contributed by atoms with Crippen molar-refractivity contribution >= 4 is 5.91 Å². The molecular weight excluding hydrogens is 264 g/mol. The third-order valence-electron chi connectivity index (χ3n) is 3.55. The van der Waals surface area contributed by atoms with Crippen molar-refractivity contribution in [2.24, 2.45) is 0 Å². The molecule has 0 radical (unpaired) electrons. The van der Waals surface area contributed by atoms with Crippen LogP contribution in [-0.4, -0.2) is 32.1 Å². The van der Waals surface area contributed by atoms with Crippen LogP contribution >= 0.6 is 0 Å². The molecule has 1 aliphatic heterocycles. The molecule has 2 rings (SSSR count). The average molecular weight is 288 g/mol. The lowest BCUT2D eigenvalue weighted by Gasteiger charge is -2.14. The minimum absolute atomic E-state index is 0.114. The number of benzene rings is 1. The van der Waals surface area contributed by atoms with Crippen molar-refractivity contribution in [3.05, 3.63) is 41.5 Å². The van der Waals surface area contributed by atoms with Crippen molar-refractivity contribution in [3.8, 4) is 5.75 Å². The Hall–Kier alpha value is -1.81. The van der Waals surface area contributed by atoms with Crippen LogP contribution in [0.4, 0.5) is 0 Å². The highest BCUT2D eigenvalue weighted by molar-refractivity contribution is 5.76. The minimum Gasteiger partial charge on any atom is -0.494 e. The molecule has 0 saturated carbocycles. The molecule has 21 heavy (non-hydrogen) atoms. The fourth-order valence-corrected chi connectivity index (χ4v) is 2.31. The fourth-order valence-electron chi connectivity index (χ4n) is 2.31. The molecule has 0 fully saturated rings. The van der Waals surface area contributed by atoms with Gasteiger partial charge in [0.1, 0.15) is 5.75 Å². The SMILES string of the molecule is CCOc1ccc(CCC(=O)NCC2=CCNCC2)cc1. The van der Waals surface area contributed by atoms with Crippen LogP contribution in [0.1, 0.15) is 25.3 Å². The van der Waals surface area contributed by atoms with Crippen molar-refractivity contribution in [1.29, 1.82) is 0 Å². The third-order valence-corrected chi connectivity index (χ3v) is 3.55. The number of carbonyl (C=O) groups is 1. The van der Waals surface area contributed by atoms with Gasteiger partial charge >= 0.3 is 0 Å². The van der Waals surface area contributed by atoms with Crippen LogP contribution in [0.5, 0.6) is 5.75 Å². The second-order valence-electron chi connectivity index (χ2n) is 5.17. The standard InChI is InChI=1S/C17H24N2O2/c1-2-21-16-6-3-14(4-7-16)5-8-17(20)19-13-15-9-11-18-12-10-15/h3-4,6-7,9,18H,2,5,8,10-13H2,1H3,(H,19,20). The molecule has 0 bridgehead atoms. The Balaban J connectivity index is 1.69. The number of carbonyl (C=O) groups excluding carboxylic acids is 1. The van der Waals surface area contributed by atoms with Gasteiger partial charge in [0.25, 0.3) is 0 Å². The zero-order valence-electron chi connectivity index (χ0n) is 12.7. The number of aryl methyl sites for hydroxylation is 1. The molecule has 0 atom stereocenters. The van der Waals surface area contributed by atoms with Gasteiger partial charge in [-0.15, -0.1) is 0 Å². The van der Waals surface area contributed by atoms with E-state index in [9.17, 15) is 4.79 Å². The summed E-state index contributed by atoms with van der Waals surface area (Å²) in [5.41, 5.74) is 2.48. The molecule has 1 aromatic carbocycles. The molecule has 1 aromatic rings. The zero-order valence-corrected chi connectivity index (χ0v) is 12.7. The van der Waals surface area contributed by atoms with E-state index < -0.39 is 0 Å². The average Bonchev–Trinajstić information content (AvgIpc) is 2.53. The second-order valence-corrected chi connectivity index (χ2v) is 5.17. The normalized spacial score (nSPS) is 14.4. The van der Waals surface area contributed by atoms with E-state index >= 15 is 0 Å². The Kier molecular flexibility index (Phi) is 6.28. The van der Waals surface area contributed by atoms with Gasteiger partial charge in [-0.2, -0.15) is 0 Å². The molecule has 4 nitrogen and oxygen atoms in total. The number of amides is 1. The summed E-state index contributed by atoms with van der Waals surface area (Å²) in [6, 6.07) is 7.95. The number of hydrogen-bond donors (Lipinski definition) is 2. The lowest BCUT2D eigenvalue weighted by atomic mass is 10.1. The molecule has 0 aliphatic carbocycles. The molecule has 0 saturated heterocycles. The summed E-state index contributed by atoms with van der Waals surface area (Å²) < 4.78 is 5.40. The number of nitrogens with one attached hydrogen (secondary N) is 2. The predicted molar refractivity (Wildman–Crippen MR) is 84.5 cm³/mol. The zero-order chi connectivity index (χ0) is 14.9. The van der Waals surface area contributed by atoms with E-state index in [2.05, 4.69) is 16.7 Å². The van der Waals surface area contributed by atoms with Crippen molar-refractivity contribution < 1.29 is 9.53 Å². The lowest BCUT2D eigenvalue weighted by molar-refractivity contribution is -0.120. The van der Waals surface area contributed by atoms with Crippen molar-refractivity contribution in [2.45, 2.75) is 26.2 Å². The Labute approximate surface area is 126 Å². The highest BCUT2D eigenvalue weighted by atomic mass is 16.5. The Morgan fingerprint density at radius 1 is 1.33 bits per heavy atom. The van der Waals surface area contributed by atoms with E-state index in [0.717, 1.165) is 37.2 Å². The topological polar surface area (TPSA) is 50.4 Å². The highest BCUT2D eigenvalue weighted by Crippen LogP contribution is 2.13. The van der Waals surface area contributed by atoms with Gasteiger partial charge in [0.2, 0.25) is 5.91 Å². The fraction of sp³-hybridized carbons (Fsp3) is 0.471. The van der Waals surface area contributed by atoms with Gasteiger partial charge in [-0.1, -0.05) is 23.8 Å². The molecule has 4 heteroatoms.